The number of halogens is 1. The molecule has 2 heterocycles. The van der Waals surface area contributed by atoms with Gasteiger partial charge in [-0.3, -0.25) is 14.2 Å². The number of nitrogens with zero attached hydrogens (tertiary/aromatic N) is 3. The molecule has 2 aromatic heterocycles. The third kappa shape index (κ3) is 4.47. The molecule has 1 fully saturated rings. The summed E-state index contributed by atoms with van der Waals surface area (Å²) in [5, 5.41) is 9.51. The van der Waals surface area contributed by atoms with Crippen LogP contribution < -0.4 is 4.74 Å². The van der Waals surface area contributed by atoms with Crippen LogP contribution in [0.25, 0.3) is 0 Å². The molecule has 0 saturated heterocycles. The lowest BCUT2D eigenvalue weighted by molar-refractivity contribution is 0.0988. The average Bonchev–Trinajstić information content (AvgIpc) is 3.44. The lowest BCUT2D eigenvalue weighted by Gasteiger charge is -2.13. The second kappa shape index (κ2) is 9.11. The van der Waals surface area contributed by atoms with Gasteiger partial charge in [-0.15, -0.1) is 10.2 Å². The number of H-pyrrole nitrogens is 1. The van der Waals surface area contributed by atoms with Crippen LogP contribution in [0.3, 0.4) is 0 Å². The summed E-state index contributed by atoms with van der Waals surface area (Å²) >= 11 is 7.56. The van der Waals surface area contributed by atoms with Crippen molar-refractivity contribution in [1.82, 2.24) is 19.7 Å². The van der Waals surface area contributed by atoms with Gasteiger partial charge in [-0.25, -0.2) is 0 Å². The average molecular weight is 473 g/mol. The molecule has 3 aromatic rings. The van der Waals surface area contributed by atoms with E-state index in [1.54, 1.807) is 6.07 Å². The van der Waals surface area contributed by atoms with E-state index >= 15 is 0 Å². The van der Waals surface area contributed by atoms with Gasteiger partial charge in [-0.05, 0) is 58.2 Å². The number of hydrogen-bond donors (Lipinski definition) is 1. The zero-order valence-electron chi connectivity index (χ0n) is 18.4. The molecular formula is C23H25ClN4O3S. The van der Waals surface area contributed by atoms with Crippen LogP contribution in [0.1, 0.15) is 70.7 Å². The van der Waals surface area contributed by atoms with Crippen LogP contribution in [-0.2, 0) is 6.61 Å². The van der Waals surface area contributed by atoms with E-state index in [0.717, 1.165) is 18.5 Å². The molecule has 1 aromatic carbocycles. The Bertz CT molecular complexity index is 1180. The molecule has 7 nitrogen and oxygen atoms in total. The Balaban J connectivity index is 1.52. The number of nitrogens with one attached hydrogen (secondary N) is 1. The van der Waals surface area contributed by atoms with Crippen molar-refractivity contribution in [2.75, 3.05) is 0 Å². The second-order valence-electron chi connectivity index (χ2n) is 8.02. The molecule has 1 aliphatic rings. The third-order valence-corrected chi connectivity index (χ3v) is 6.90. The van der Waals surface area contributed by atoms with Crippen molar-refractivity contribution in [3.05, 3.63) is 57.6 Å². The summed E-state index contributed by atoms with van der Waals surface area (Å²) in [7, 11) is 0. The van der Waals surface area contributed by atoms with Gasteiger partial charge in [0.15, 0.2) is 22.5 Å². The van der Waals surface area contributed by atoms with Gasteiger partial charge in [0.25, 0.3) is 0 Å². The third-order valence-electron chi connectivity index (χ3n) is 5.53. The molecule has 9 heteroatoms. The highest BCUT2D eigenvalue weighted by Gasteiger charge is 2.32. The van der Waals surface area contributed by atoms with E-state index in [1.165, 1.54) is 18.7 Å². The Morgan fingerprint density at radius 1 is 1.28 bits per heavy atom. The Labute approximate surface area is 195 Å². The number of aryl methyl sites for hydroxylation is 1. The van der Waals surface area contributed by atoms with Crippen LogP contribution in [0, 0.1) is 13.8 Å². The number of benzene rings is 1. The fourth-order valence-corrected chi connectivity index (χ4v) is 5.02. The molecule has 0 unspecified atom stereocenters. The SMILES string of the molecule is CC(=O)c1c(C)[nH]c(C(=O)[C@@H](C)Sc2nnc(COc3ccccc3Cl)n2C2CC2)c1C. The number of aromatic amines is 1. The van der Waals surface area contributed by atoms with Gasteiger partial charge in [0, 0.05) is 17.3 Å². The monoisotopic (exact) mass is 472 g/mol. The van der Waals surface area contributed by atoms with E-state index in [-0.39, 0.29) is 18.2 Å². The molecule has 168 valence electrons. The summed E-state index contributed by atoms with van der Waals surface area (Å²) < 4.78 is 7.93. The maximum atomic E-state index is 13.1. The summed E-state index contributed by atoms with van der Waals surface area (Å²) in [4.78, 5) is 28.2. The van der Waals surface area contributed by atoms with Crippen molar-refractivity contribution in [3.8, 4) is 5.75 Å². The van der Waals surface area contributed by atoms with Crippen molar-refractivity contribution >= 4 is 34.9 Å². The number of ketones is 2. The Hall–Kier alpha value is -2.58. The standard InChI is InChI=1S/C23H25ClN4O3S/c1-12-20(14(3)29)13(2)25-21(12)22(30)15(4)32-23-27-26-19(28(23)16-9-10-16)11-31-18-8-6-5-7-17(18)24/h5-8,15-16,25H,9-11H2,1-4H3/t15-/m1/s1. The lowest BCUT2D eigenvalue weighted by Crippen LogP contribution is -2.17. The number of ether oxygens (including phenoxy) is 1. The van der Waals surface area contributed by atoms with E-state index in [9.17, 15) is 9.59 Å². The highest BCUT2D eigenvalue weighted by Crippen LogP contribution is 2.40. The van der Waals surface area contributed by atoms with Crippen molar-refractivity contribution < 1.29 is 14.3 Å². The molecule has 0 radical (unpaired) electrons. The van der Waals surface area contributed by atoms with Crippen LogP contribution in [0.5, 0.6) is 5.75 Å². The van der Waals surface area contributed by atoms with Gasteiger partial charge in [0.1, 0.15) is 12.4 Å². The molecule has 1 atom stereocenters. The topological polar surface area (TPSA) is 89.9 Å². The van der Waals surface area contributed by atoms with E-state index < -0.39 is 5.25 Å². The van der Waals surface area contributed by atoms with Crippen LogP contribution in [0.2, 0.25) is 5.02 Å². The number of rotatable bonds is 9. The van der Waals surface area contributed by atoms with E-state index in [4.69, 9.17) is 16.3 Å². The first-order valence-corrected chi connectivity index (χ1v) is 11.8. The van der Waals surface area contributed by atoms with Gasteiger partial charge in [-0.1, -0.05) is 35.5 Å². The minimum atomic E-state index is -0.398. The quantitative estimate of drug-likeness (QED) is 0.333. The lowest BCUT2D eigenvalue weighted by atomic mass is 10.0. The van der Waals surface area contributed by atoms with E-state index in [0.29, 0.717) is 44.6 Å². The zero-order valence-corrected chi connectivity index (χ0v) is 20.0. The minimum Gasteiger partial charge on any atom is -0.484 e. The predicted molar refractivity (Wildman–Crippen MR) is 124 cm³/mol. The molecule has 0 aliphatic heterocycles. The van der Waals surface area contributed by atoms with Crippen molar-refractivity contribution in [2.45, 2.75) is 63.6 Å². The van der Waals surface area contributed by atoms with Gasteiger partial charge >= 0.3 is 0 Å². The first-order valence-electron chi connectivity index (χ1n) is 10.5. The minimum absolute atomic E-state index is 0.0488. The molecule has 0 bridgehead atoms. The maximum absolute atomic E-state index is 13.1. The van der Waals surface area contributed by atoms with E-state index in [1.807, 2.05) is 39.0 Å². The number of para-hydroxylation sites is 1. The smallest absolute Gasteiger partial charge is 0.192 e. The number of hydrogen-bond acceptors (Lipinski definition) is 6. The second-order valence-corrected chi connectivity index (χ2v) is 9.74. The van der Waals surface area contributed by atoms with Gasteiger partial charge in [-0.2, -0.15) is 0 Å². The van der Waals surface area contributed by atoms with Crippen molar-refractivity contribution in [2.24, 2.45) is 0 Å². The largest absolute Gasteiger partial charge is 0.484 e. The molecular weight excluding hydrogens is 448 g/mol. The normalized spacial score (nSPS) is 14.4. The first kappa shape index (κ1) is 22.6. The van der Waals surface area contributed by atoms with Gasteiger partial charge < -0.3 is 9.72 Å². The van der Waals surface area contributed by atoms with Gasteiger partial charge in [0.2, 0.25) is 0 Å². The predicted octanol–water partition coefficient (Wildman–Crippen LogP) is 5.36. The van der Waals surface area contributed by atoms with Crippen LogP contribution in [0.15, 0.2) is 29.4 Å². The maximum Gasteiger partial charge on any atom is 0.192 e. The summed E-state index contributed by atoms with van der Waals surface area (Å²) in [5.41, 5.74) is 2.49. The number of carbonyl (C=O) groups excluding carboxylic acids is 2. The number of carbonyl (C=O) groups is 2. The first-order chi connectivity index (χ1) is 15.3. The zero-order chi connectivity index (χ0) is 23.0. The van der Waals surface area contributed by atoms with E-state index in [2.05, 4.69) is 19.7 Å². The highest BCUT2D eigenvalue weighted by atomic mass is 35.5. The molecule has 1 saturated carbocycles. The summed E-state index contributed by atoms with van der Waals surface area (Å²) in [6.07, 6.45) is 2.09. The van der Waals surface area contributed by atoms with Crippen LogP contribution >= 0.6 is 23.4 Å². The molecule has 0 spiro atoms. The Kier molecular flexibility index (Phi) is 6.44. The van der Waals surface area contributed by atoms with Crippen LogP contribution in [0.4, 0.5) is 0 Å². The van der Waals surface area contributed by atoms with Crippen molar-refractivity contribution in [3.63, 3.8) is 0 Å². The molecule has 4 rings (SSSR count). The Morgan fingerprint density at radius 2 is 2.00 bits per heavy atom. The number of aromatic nitrogens is 4. The van der Waals surface area contributed by atoms with Crippen LogP contribution in [-0.4, -0.2) is 36.6 Å². The fraction of sp³-hybridized carbons (Fsp3) is 0.391. The summed E-state index contributed by atoms with van der Waals surface area (Å²) in [5.74, 6) is 1.19. The molecule has 32 heavy (non-hydrogen) atoms. The highest BCUT2D eigenvalue weighted by molar-refractivity contribution is 8.00. The fourth-order valence-electron chi connectivity index (χ4n) is 3.83. The number of Topliss-reactive ketones (excluding diaryl/α,β-unsaturated/α-hetero) is 2. The summed E-state index contributed by atoms with van der Waals surface area (Å²) in [6, 6.07) is 7.62. The molecule has 1 N–H and O–H groups in total. The van der Waals surface area contributed by atoms with Crippen molar-refractivity contribution in [1.29, 1.82) is 0 Å². The Morgan fingerprint density at radius 3 is 2.62 bits per heavy atom. The molecule has 1 aliphatic carbocycles. The van der Waals surface area contributed by atoms with Gasteiger partial charge in [0.05, 0.1) is 16.0 Å². The number of thioether (sulfide) groups is 1. The summed E-state index contributed by atoms with van der Waals surface area (Å²) in [6.45, 7) is 7.23. The molecule has 0 amide bonds.